The standard InChI is InChI=1S/C9H19ClOSi/c10-7-3-1-5-9(12)6-2-4-8-11-9/h1-8H2,12H3. The first kappa shape index (κ1) is 10.5. The minimum atomic E-state index is 0.310. The zero-order chi connectivity index (χ0) is 8.86. The maximum Gasteiger partial charge on any atom is 0.0486 e. The van der Waals surface area contributed by atoms with E-state index in [1.165, 1.54) is 42.3 Å². The van der Waals surface area contributed by atoms with Crippen molar-refractivity contribution in [3.63, 3.8) is 0 Å². The average Bonchev–Trinajstić information content (AvgIpc) is 2.06. The lowest BCUT2D eigenvalue weighted by Gasteiger charge is -2.34. The molecule has 0 aromatic heterocycles. The van der Waals surface area contributed by atoms with Gasteiger partial charge in [-0.2, -0.15) is 0 Å². The van der Waals surface area contributed by atoms with Crippen LogP contribution in [0.3, 0.4) is 0 Å². The molecule has 1 unspecified atom stereocenters. The van der Waals surface area contributed by atoms with Gasteiger partial charge in [0.05, 0.1) is 0 Å². The van der Waals surface area contributed by atoms with Crippen LogP contribution in [0, 0.1) is 0 Å². The molecule has 1 rings (SSSR count). The first-order chi connectivity index (χ1) is 5.77. The van der Waals surface area contributed by atoms with Crippen LogP contribution < -0.4 is 0 Å². The Morgan fingerprint density at radius 2 is 2.17 bits per heavy atom. The van der Waals surface area contributed by atoms with Crippen molar-refractivity contribution in [2.75, 3.05) is 12.5 Å². The molecule has 0 aromatic rings. The van der Waals surface area contributed by atoms with Crippen molar-refractivity contribution in [1.29, 1.82) is 0 Å². The second-order valence-corrected chi connectivity index (χ2v) is 6.10. The van der Waals surface area contributed by atoms with E-state index in [0.29, 0.717) is 5.22 Å². The highest BCUT2D eigenvalue weighted by atomic mass is 35.5. The second kappa shape index (κ2) is 5.25. The monoisotopic (exact) mass is 206 g/mol. The van der Waals surface area contributed by atoms with Gasteiger partial charge in [-0.1, -0.05) is 0 Å². The van der Waals surface area contributed by atoms with Crippen LogP contribution >= 0.6 is 11.6 Å². The van der Waals surface area contributed by atoms with Gasteiger partial charge in [0.1, 0.15) is 0 Å². The van der Waals surface area contributed by atoms with Crippen LogP contribution in [-0.4, -0.2) is 28.0 Å². The lowest BCUT2D eigenvalue weighted by Crippen LogP contribution is -2.36. The van der Waals surface area contributed by atoms with Crippen molar-refractivity contribution in [2.45, 2.75) is 43.7 Å². The van der Waals surface area contributed by atoms with Crippen LogP contribution in [0.1, 0.15) is 38.5 Å². The first-order valence-electron chi connectivity index (χ1n) is 4.97. The number of hydrogen-bond acceptors (Lipinski definition) is 1. The molecule has 1 aliphatic rings. The van der Waals surface area contributed by atoms with E-state index in [9.17, 15) is 0 Å². The van der Waals surface area contributed by atoms with Gasteiger partial charge in [0.25, 0.3) is 0 Å². The smallest absolute Gasteiger partial charge is 0.0486 e. The van der Waals surface area contributed by atoms with Crippen molar-refractivity contribution in [2.24, 2.45) is 0 Å². The number of halogens is 1. The summed E-state index contributed by atoms with van der Waals surface area (Å²) in [5.74, 6) is 0.803. The van der Waals surface area contributed by atoms with E-state index in [2.05, 4.69) is 0 Å². The molecular formula is C9H19ClOSi. The average molecular weight is 207 g/mol. The van der Waals surface area contributed by atoms with E-state index in [0.717, 1.165) is 18.9 Å². The van der Waals surface area contributed by atoms with Crippen molar-refractivity contribution in [3.05, 3.63) is 0 Å². The van der Waals surface area contributed by atoms with Crippen LogP contribution in [0.5, 0.6) is 0 Å². The van der Waals surface area contributed by atoms with Crippen molar-refractivity contribution < 1.29 is 4.74 Å². The Morgan fingerprint density at radius 3 is 2.75 bits per heavy atom. The summed E-state index contributed by atoms with van der Waals surface area (Å²) in [6.07, 6.45) is 7.55. The SMILES string of the molecule is [SiH3]C1(CCCCCl)CCCCO1. The highest BCUT2D eigenvalue weighted by Gasteiger charge is 2.26. The first-order valence-corrected chi connectivity index (χ1v) is 6.50. The molecule has 0 N–H and O–H groups in total. The molecule has 0 aromatic carbocycles. The third kappa shape index (κ3) is 3.46. The molecule has 0 radical (unpaired) electrons. The van der Waals surface area contributed by atoms with Crippen LogP contribution in [0.4, 0.5) is 0 Å². The number of ether oxygens (including phenoxy) is 1. The summed E-state index contributed by atoms with van der Waals surface area (Å²) in [4.78, 5) is 0. The molecule has 0 saturated carbocycles. The predicted molar refractivity (Wildman–Crippen MR) is 57.0 cm³/mol. The van der Waals surface area contributed by atoms with E-state index in [1.807, 2.05) is 0 Å². The number of rotatable bonds is 4. The molecule has 1 heterocycles. The highest BCUT2D eigenvalue weighted by Crippen LogP contribution is 2.26. The Hall–Kier alpha value is 0.467. The summed E-state index contributed by atoms with van der Waals surface area (Å²) in [5, 5.41) is 0.310. The van der Waals surface area contributed by atoms with Gasteiger partial charge in [0.2, 0.25) is 0 Å². The molecule has 3 heteroatoms. The summed E-state index contributed by atoms with van der Waals surface area (Å²) < 4.78 is 5.83. The zero-order valence-corrected chi connectivity index (χ0v) is 10.7. The van der Waals surface area contributed by atoms with Gasteiger partial charge in [-0.25, -0.2) is 0 Å². The number of hydrogen-bond donors (Lipinski definition) is 0. The summed E-state index contributed by atoms with van der Waals surface area (Å²) in [5.41, 5.74) is 0. The van der Waals surface area contributed by atoms with Gasteiger partial charge in [-0.3, -0.25) is 0 Å². The predicted octanol–water partition coefficient (Wildman–Crippen LogP) is 1.66. The fraction of sp³-hybridized carbons (Fsp3) is 1.00. The normalized spacial score (nSPS) is 30.8. The number of unbranched alkanes of at least 4 members (excludes halogenated alkanes) is 1. The maximum atomic E-state index is 5.83. The van der Waals surface area contributed by atoms with E-state index < -0.39 is 0 Å². The molecule has 12 heavy (non-hydrogen) atoms. The van der Waals surface area contributed by atoms with Crippen LogP contribution in [0.15, 0.2) is 0 Å². The minimum absolute atomic E-state index is 0.310. The molecule has 1 saturated heterocycles. The third-order valence-electron chi connectivity index (χ3n) is 2.64. The molecule has 0 bridgehead atoms. The largest absolute Gasteiger partial charge is 0.380 e. The Morgan fingerprint density at radius 1 is 1.33 bits per heavy atom. The van der Waals surface area contributed by atoms with Crippen molar-refractivity contribution in [1.82, 2.24) is 0 Å². The lowest BCUT2D eigenvalue weighted by molar-refractivity contribution is -0.0237. The Labute approximate surface area is 83.2 Å². The molecule has 0 aliphatic carbocycles. The maximum absolute atomic E-state index is 5.83. The van der Waals surface area contributed by atoms with Crippen molar-refractivity contribution >= 4 is 21.8 Å². The Balaban J connectivity index is 2.17. The highest BCUT2D eigenvalue weighted by molar-refractivity contribution is 6.17. The van der Waals surface area contributed by atoms with Gasteiger partial charge >= 0.3 is 0 Å². The molecule has 72 valence electrons. The van der Waals surface area contributed by atoms with Gasteiger partial charge in [0.15, 0.2) is 0 Å². The molecule has 0 spiro atoms. The quantitative estimate of drug-likeness (QED) is 0.386. The summed E-state index contributed by atoms with van der Waals surface area (Å²) in [6, 6.07) is 0. The summed E-state index contributed by atoms with van der Waals surface area (Å²) in [7, 11) is 1.18. The van der Waals surface area contributed by atoms with Gasteiger partial charge in [0, 0.05) is 28.0 Å². The second-order valence-electron chi connectivity index (χ2n) is 3.90. The summed E-state index contributed by atoms with van der Waals surface area (Å²) in [6.45, 7) is 0.990. The minimum Gasteiger partial charge on any atom is -0.380 e. The molecule has 1 nitrogen and oxygen atoms in total. The van der Waals surface area contributed by atoms with Gasteiger partial charge < -0.3 is 4.74 Å². The lowest BCUT2D eigenvalue weighted by atomic mass is 10.0. The Kier molecular flexibility index (Phi) is 4.62. The number of alkyl halides is 1. The van der Waals surface area contributed by atoms with Crippen LogP contribution in [-0.2, 0) is 4.74 Å². The zero-order valence-electron chi connectivity index (χ0n) is 7.94. The Bertz CT molecular complexity index is 124. The fourth-order valence-corrected chi connectivity index (χ4v) is 2.88. The fourth-order valence-electron chi connectivity index (χ4n) is 1.78. The van der Waals surface area contributed by atoms with Crippen LogP contribution in [0.25, 0.3) is 0 Å². The van der Waals surface area contributed by atoms with E-state index in [4.69, 9.17) is 16.3 Å². The molecule has 1 aliphatic heterocycles. The van der Waals surface area contributed by atoms with E-state index in [-0.39, 0.29) is 0 Å². The van der Waals surface area contributed by atoms with Gasteiger partial charge in [-0.05, 0) is 38.5 Å². The van der Waals surface area contributed by atoms with E-state index >= 15 is 0 Å². The molecule has 1 atom stereocenters. The molecular weight excluding hydrogens is 188 g/mol. The summed E-state index contributed by atoms with van der Waals surface area (Å²) >= 11 is 5.64. The van der Waals surface area contributed by atoms with Gasteiger partial charge in [-0.15, -0.1) is 11.6 Å². The van der Waals surface area contributed by atoms with Crippen LogP contribution in [0.2, 0.25) is 0 Å². The molecule has 1 fully saturated rings. The van der Waals surface area contributed by atoms with E-state index in [1.54, 1.807) is 0 Å². The topological polar surface area (TPSA) is 9.23 Å². The van der Waals surface area contributed by atoms with Crippen molar-refractivity contribution in [3.8, 4) is 0 Å². The third-order valence-corrected chi connectivity index (χ3v) is 4.20. The molecule has 0 amide bonds.